The van der Waals surface area contributed by atoms with Crippen molar-refractivity contribution in [3.8, 4) is 0 Å². The van der Waals surface area contributed by atoms with Gasteiger partial charge in [0.25, 0.3) is 0 Å². The number of carbonyl (C=O) groups is 4. The fourth-order valence-electron chi connectivity index (χ4n) is 11.2. The van der Waals surface area contributed by atoms with Crippen molar-refractivity contribution < 1.29 is 43.4 Å². The molecular weight excluding hydrogens is 914 g/mol. The van der Waals surface area contributed by atoms with Gasteiger partial charge in [-0.1, -0.05) is 189 Å². The molecule has 1 unspecified atom stereocenters. The topological polar surface area (TPSA) is 94.9 Å². The Morgan fingerprint density at radius 1 is 0.600 bits per heavy atom. The van der Waals surface area contributed by atoms with Gasteiger partial charge in [0.15, 0.2) is 0 Å². The minimum Gasteiger partial charge on any atom is -0.648 e. The summed E-state index contributed by atoms with van der Waals surface area (Å²) in [6.07, 6.45) is 5.42. The zero-order valence-electron chi connectivity index (χ0n) is 46.1. The number of Topliss-reactive ketones (excluding diaryl/α,β-unsaturated/α-hetero) is 1. The molecule has 0 bridgehead atoms. The van der Waals surface area contributed by atoms with Gasteiger partial charge in [-0.05, 0) is 84.2 Å². The number of amides is 3. The molecule has 0 aliphatic carbocycles. The third-order valence-corrected chi connectivity index (χ3v) is 16.2. The predicted octanol–water partition coefficient (Wildman–Crippen LogP) is 14.7. The fraction of sp³-hybridized carbons (Fsp3) is 0.821. The Kier molecular flexibility index (Phi) is 19.3. The molecule has 1 radical (unpaired) electrons. The first-order valence-corrected chi connectivity index (χ1v) is 24.8. The zero-order chi connectivity index (χ0) is 50.4. The van der Waals surface area contributed by atoms with Crippen LogP contribution in [0.4, 0.5) is 0 Å². The first-order valence-electron chi connectivity index (χ1n) is 24.4. The SMILES string of the molecule is CCC(C)(CC(C)(C)c1ccc(C(C)(C)CC(C)(C)C(=O)N2CCC2=O)cc1)[N-]C(=O)C(C)(C)CC(C)(C)C(C)(C)OCCC(C)(C)C(C)(C)CC(C)(C)C(=O)C(C)(C)CC(C)(C)S.[Ru+]. The maximum Gasteiger partial charge on any atom is 1.00 e. The van der Waals surface area contributed by atoms with Gasteiger partial charge in [-0.2, -0.15) is 12.6 Å². The van der Waals surface area contributed by atoms with Crippen molar-refractivity contribution in [3.63, 3.8) is 0 Å². The maximum atomic E-state index is 14.3. The number of nitrogens with zero attached hydrogens (tertiary/aromatic N) is 2. The van der Waals surface area contributed by atoms with Crippen LogP contribution in [0.2, 0.25) is 0 Å². The van der Waals surface area contributed by atoms with E-state index in [1.54, 1.807) is 0 Å². The summed E-state index contributed by atoms with van der Waals surface area (Å²) < 4.78 is 6.58. The number of ketones is 1. The van der Waals surface area contributed by atoms with Gasteiger partial charge in [0.05, 0.1) is 11.5 Å². The number of carbonyl (C=O) groups excluding carboxylic acids is 4. The molecule has 1 aromatic rings. The molecule has 0 aromatic heterocycles. The van der Waals surface area contributed by atoms with Gasteiger partial charge in [-0.15, -0.1) is 5.54 Å². The number of benzene rings is 1. The smallest absolute Gasteiger partial charge is 0.648 e. The molecule has 9 heteroatoms. The van der Waals surface area contributed by atoms with E-state index < -0.39 is 32.8 Å². The van der Waals surface area contributed by atoms with Crippen LogP contribution in [-0.2, 0) is 54.2 Å². The minimum absolute atomic E-state index is 0. The van der Waals surface area contributed by atoms with Crippen molar-refractivity contribution >= 4 is 36.1 Å². The number of hydrogen-bond acceptors (Lipinski definition) is 6. The monoisotopic (exact) mass is 1010 g/mol. The van der Waals surface area contributed by atoms with Gasteiger partial charge in [-0.3, -0.25) is 19.3 Å². The fourth-order valence-corrected chi connectivity index (χ4v) is 11.6. The molecule has 1 atom stereocenters. The van der Waals surface area contributed by atoms with Crippen LogP contribution in [0.1, 0.15) is 229 Å². The average molecular weight is 1010 g/mol. The van der Waals surface area contributed by atoms with Gasteiger partial charge in [0.2, 0.25) is 11.8 Å². The third-order valence-electron chi connectivity index (χ3n) is 16.1. The van der Waals surface area contributed by atoms with E-state index >= 15 is 0 Å². The number of hydrogen-bond donors (Lipinski definition) is 1. The van der Waals surface area contributed by atoms with Crippen molar-refractivity contribution in [2.45, 2.75) is 244 Å². The Labute approximate surface area is 418 Å². The average Bonchev–Trinajstić information content (AvgIpc) is 3.07. The van der Waals surface area contributed by atoms with Crippen LogP contribution >= 0.6 is 12.6 Å². The summed E-state index contributed by atoms with van der Waals surface area (Å²) >= 11 is 4.76. The maximum absolute atomic E-state index is 14.3. The summed E-state index contributed by atoms with van der Waals surface area (Å²) in [7, 11) is 0. The second-order valence-electron chi connectivity index (χ2n) is 27.5. The van der Waals surface area contributed by atoms with E-state index in [9.17, 15) is 19.2 Å². The van der Waals surface area contributed by atoms with Gasteiger partial charge in [0, 0.05) is 46.0 Å². The van der Waals surface area contributed by atoms with Crippen LogP contribution < -0.4 is 0 Å². The van der Waals surface area contributed by atoms with E-state index in [-0.39, 0.29) is 74.8 Å². The summed E-state index contributed by atoms with van der Waals surface area (Å²) in [6, 6.07) is 8.72. The molecular formula is C56H97N2O5RuS. The van der Waals surface area contributed by atoms with Crippen LogP contribution in [0.3, 0.4) is 0 Å². The van der Waals surface area contributed by atoms with Gasteiger partial charge >= 0.3 is 19.5 Å². The Balaban J connectivity index is 0.0000211. The van der Waals surface area contributed by atoms with Gasteiger partial charge in [-0.25, -0.2) is 0 Å². The summed E-state index contributed by atoms with van der Waals surface area (Å²) in [5.41, 5.74) is -2.30. The van der Waals surface area contributed by atoms with Crippen LogP contribution in [0.25, 0.3) is 5.32 Å². The number of β-lactam (4-membered cyclic amide) rings is 1. The Hall–Kier alpha value is -1.57. The molecule has 7 nitrogen and oxygen atoms in total. The standard InChI is InChI=1S/C56H98N2O5S.Ru/c1-25-56(24,38-46(4,5)40-28-26-39(27-29-40)45(2,3)34-50(12,13)44(62)58-32-30-41(58)59)57-43(61)49(10,11)36-53(18,19)55(22,23)63-33-31-51(14,15)52(16,17)35-47(6,7)42(60)48(8,9)37-54(20,21)64;/h26-29H,25,30-38H2,1-24H3,(H2,57,61,64);/q;+1/p-1. The molecule has 1 fully saturated rings. The number of ether oxygens (including phenoxy) is 1. The predicted molar refractivity (Wildman–Crippen MR) is 273 cm³/mol. The van der Waals surface area contributed by atoms with Gasteiger partial charge in [0.1, 0.15) is 5.78 Å². The molecule has 1 heterocycles. The van der Waals surface area contributed by atoms with Gasteiger partial charge < -0.3 is 14.8 Å². The van der Waals surface area contributed by atoms with Crippen molar-refractivity contribution in [1.82, 2.24) is 4.90 Å². The van der Waals surface area contributed by atoms with Crippen molar-refractivity contribution in [1.29, 1.82) is 0 Å². The van der Waals surface area contributed by atoms with E-state index in [4.69, 9.17) is 22.7 Å². The normalized spacial score (nSPS) is 16.4. The molecule has 1 aliphatic rings. The summed E-state index contributed by atoms with van der Waals surface area (Å²) in [4.78, 5) is 55.0. The Bertz CT molecular complexity index is 1830. The van der Waals surface area contributed by atoms with E-state index in [0.717, 1.165) is 24.8 Å². The van der Waals surface area contributed by atoms with Crippen LogP contribution in [-0.4, -0.2) is 57.4 Å². The molecule has 2 rings (SSSR count). The second kappa shape index (κ2) is 20.4. The molecule has 375 valence electrons. The van der Waals surface area contributed by atoms with E-state index in [0.29, 0.717) is 45.3 Å². The van der Waals surface area contributed by atoms with Crippen molar-refractivity contribution in [2.24, 2.45) is 37.9 Å². The summed E-state index contributed by atoms with van der Waals surface area (Å²) in [6.45, 7) is 52.5. The van der Waals surface area contributed by atoms with Crippen molar-refractivity contribution in [3.05, 3.63) is 40.7 Å². The Morgan fingerprint density at radius 2 is 1.03 bits per heavy atom. The first-order chi connectivity index (χ1) is 28.2. The number of likely N-dealkylation sites (tertiary alicyclic amines) is 1. The zero-order valence-corrected chi connectivity index (χ0v) is 48.7. The molecule has 1 aliphatic heterocycles. The first kappa shape index (κ1) is 61.4. The molecule has 65 heavy (non-hydrogen) atoms. The van der Waals surface area contributed by atoms with E-state index in [1.807, 2.05) is 27.7 Å². The molecule has 3 amide bonds. The molecule has 0 N–H and O–H groups in total. The molecule has 1 aromatic carbocycles. The van der Waals surface area contributed by atoms with E-state index in [2.05, 4.69) is 163 Å². The minimum atomic E-state index is -0.717. The van der Waals surface area contributed by atoms with E-state index in [1.165, 1.54) is 10.5 Å². The van der Waals surface area contributed by atoms with Crippen LogP contribution in [0.15, 0.2) is 24.3 Å². The number of thiol groups is 1. The quantitative estimate of drug-likeness (QED) is 0.0632. The molecule has 1 saturated heterocycles. The summed E-state index contributed by atoms with van der Waals surface area (Å²) in [5, 5.41) is 5.05. The third kappa shape index (κ3) is 15.5. The van der Waals surface area contributed by atoms with Crippen LogP contribution in [0, 0.1) is 37.9 Å². The second-order valence-corrected chi connectivity index (χ2v) is 28.7. The number of rotatable bonds is 24. The summed E-state index contributed by atoms with van der Waals surface area (Å²) in [5.74, 6) is 0.0410. The van der Waals surface area contributed by atoms with Crippen LogP contribution in [0.5, 0.6) is 0 Å². The molecule has 0 spiro atoms. The largest absolute Gasteiger partial charge is 1.00 e. The number of imide groups is 1. The molecule has 0 saturated carbocycles. The Morgan fingerprint density at radius 3 is 1.43 bits per heavy atom. The van der Waals surface area contributed by atoms with Crippen molar-refractivity contribution in [2.75, 3.05) is 13.2 Å².